The second kappa shape index (κ2) is 4.22. The van der Waals surface area contributed by atoms with Gasteiger partial charge in [-0.15, -0.1) is 0 Å². The zero-order valence-electron chi connectivity index (χ0n) is 9.98. The van der Waals surface area contributed by atoms with Gasteiger partial charge in [-0.2, -0.15) is 13.2 Å². The Morgan fingerprint density at radius 1 is 1.15 bits per heavy atom. The van der Waals surface area contributed by atoms with Crippen LogP contribution >= 0.6 is 0 Å². The number of aromatic nitrogens is 3. The van der Waals surface area contributed by atoms with E-state index in [-0.39, 0.29) is 5.56 Å². The molecule has 2 aromatic heterocycles. The highest BCUT2D eigenvalue weighted by atomic mass is 19.4. The SMILES string of the molecule is O=c1[nH]c(-c2ccc(C(F)(F)F)cc2)cn2cncc12. The maximum absolute atomic E-state index is 12.5. The summed E-state index contributed by atoms with van der Waals surface area (Å²) in [6, 6.07) is 4.59. The van der Waals surface area contributed by atoms with E-state index < -0.39 is 11.7 Å². The smallest absolute Gasteiger partial charge is 0.319 e. The summed E-state index contributed by atoms with van der Waals surface area (Å²) in [7, 11) is 0. The van der Waals surface area contributed by atoms with Crippen molar-refractivity contribution in [2.75, 3.05) is 0 Å². The van der Waals surface area contributed by atoms with Crippen LogP contribution in [0.15, 0.2) is 47.8 Å². The van der Waals surface area contributed by atoms with Gasteiger partial charge < -0.3 is 4.98 Å². The average molecular weight is 279 g/mol. The summed E-state index contributed by atoms with van der Waals surface area (Å²) >= 11 is 0. The zero-order valence-corrected chi connectivity index (χ0v) is 9.98. The van der Waals surface area contributed by atoms with Crippen molar-refractivity contribution in [3.05, 3.63) is 58.9 Å². The molecule has 7 heteroatoms. The molecule has 0 spiro atoms. The number of hydrogen-bond acceptors (Lipinski definition) is 2. The fourth-order valence-electron chi connectivity index (χ4n) is 1.93. The van der Waals surface area contributed by atoms with E-state index >= 15 is 0 Å². The molecule has 0 radical (unpaired) electrons. The minimum absolute atomic E-state index is 0.347. The standard InChI is InChI=1S/C13H8F3N3O/c14-13(15,16)9-3-1-8(2-4-9)10-6-19-7-17-5-11(19)12(20)18-10/h1-7H,(H,18,20). The predicted octanol–water partition coefficient (Wildman–Crippen LogP) is 2.71. The van der Waals surface area contributed by atoms with Crippen LogP contribution in [0.25, 0.3) is 16.8 Å². The lowest BCUT2D eigenvalue weighted by atomic mass is 10.1. The monoisotopic (exact) mass is 279 g/mol. The number of H-pyrrole nitrogens is 1. The van der Waals surface area contributed by atoms with E-state index in [1.807, 2.05) is 0 Å². The van der Waals surface area contributed by atoms with Gasteiger partial charge >= 0.3 is 6.18 Å². The second-order valence-electron chi connectivity index (χ2n) is 4.26. The molecular formula is C13H8F3N3O. The number of nitrogens with one attached hydrogen (secondary N) is 1. The van der Waals surface area contributed by atoms with Crippen molar-refractivity contribution in [2.24, 2.45) is 0 Å². The molecule has 0 atom stereocenters. The van der Waals surface area contributed by atoms with E-state index in [1.54, 1.807) is 6.20 Å². The molecule has 0 aliphatic carbocycles. The van der Waals surface area contributed by atoms with E-state index in [2.05, 4.69) is 9.97 Å². The molecule has 2 heterocycles. The lowest BCUT2D eigenvalue weighted by molar-refractivity contribution is -0.137. The molecule has 0 aliphatic heterocycles. The van der Waals surface area contributed by atoms with Gasteiger partial charge in [-0.3, -0.25) is 9.20 Å². The predicted molar refractivity (Wildman–Crippen MR) is 66.3 cm³/mol. The number of rotatable bonds is 1. The number of imidazole rings is 1. The van der Waals surface area contributed by atoms with E-state index in [0.717, 1.165) is 12.1 Å². The number of fused-ring (bicyclic) bond motifs is 1. The van der Waals surface area contributed by atoms with Gasteiger partial charge in [0.25, 0.3) is 5.56 Å². The maximum Gasteiger partial charge on any atom is 0.416 e. The first kappa shape index (κ1) is 12.5. The Morgan fingerprint density at radius 2 is 1.85 bits per heavy atom. The normalized spacial score (nSPS) is 11.9. The van der Waals surface area contributed by atoms with Crippen LogP contribution in [0, 0.1) is 0 Å². The third kappa shape index (κ3) is 2.07. The van der Waals surface area contributed by atoms with Crippen molar-refractivity contribution in [1.82, 2.24) is 14.4 Å². The molecule has 0 unspecified atom stereocenters. The van der Waals surface area contributed by atoms with Crippen LogP contribution in [0.1, 0.15) is 5.56 Å². The summed E-state index contributed by atoms with van der Waals surface area (Å²) in [4.78, 5) is 18.2. The Bertz CT molecular complexity index is 815. The van der Waals surface area contributed by atoms with Crippen molar-refractivity contribution in [1.29, 1.82) is 0 Å². The number of alkyl halides is 3. The Balaban J connectivity index is 2.09. The van der Waals surface area contributed by atoms with Crippen LogP contribution in [0.2, 0.25) is 0 Å². The van der Waals surface area contributed by atoms with Gasteiger partial charge in [0.2, 0.25) is 0 Å². The molecule has 102 valence electrons. The first-order valence-corrected chi connectivity index (χ1v) is 5.68. The molecular weight excluding hydrogens is 271 g/mol. The largest absolute Gasteiger partial charge is 0.416 e. The number of benzene rings is 1. The molecule has 1 N–H and O–H groups in total. The minimum atomic E-state index is -4.37. The van der Waals surface area contributed by atoms with Crippen molar-refractivity contribution in [3.8, 4) is 11.3 Å². The molecule has 0 amide bonds. The molecule has 1 aromatic carbocycles. The third-order valence-electron chi connectivity index (χ3n) is 2.94. The Kier molecular flexibility index (Phi) is 2.63. The zero-order chi connectivity index (χ0) is 14.3. The van der Waals surface area contributed by atoms with Crippen molar-refractivity contribution >= 4 is 5.52 Å². The van der Waals surface area contributed by atoms with E-state index in [9.17, 15) is 18.0 Å². The molecule has 20 heavy (non-hydrogen) atoms. The van der Waals surface area contributed by atoms with Crippen LogP contribution in [0.3, 0.4) is 0 Å². The van der Waals surface area contributed by atoms with Gasteiger partial charge in [-0.25, -0.2) is 4.98 Å². The summed E-state index contributed by atoms with van der Waals surface area (Å²) in [5.74, 6) is 0. The molecule has 3 aromatic rings. The van der Waals surface area contributed by atoms with Crippen LogP contribution < -0.4 is 5.56 Å². The molecule has 0 saturated carbocycles. The van der Waals surface area contributed by atoms with Gasteiger partial charge in [0.1, 0.15) is 5.52 Å². The summed E-state index contributed by atoms with van der Waals surface area (Å²) < 4.78 is 39.0. The highest BCUT2D eigenvalue weighted by Crippen LogP contribution is 2.30. The van der Waals surface area contributed by atoms with Gasteiger partial charge in [-0.1, -0.05) is 12.1 Å². The minimum Gasteiger partial charge on any atom is -0.319 e. The lowest BCUT2D eigenvalue weighted by Crippen LogP contribution is -2.10. The number of nitrogens with zero attached hydrogens (tertiary/aromatic N) is 2. The highest BCUT2D eigenvalue weighted by molar-refractivity contribution is 5.60. The van der Waals surface area contributed by atoms with E-state index in [4.69, 9.17) is 0 Å². The summed E-state index contributed by atoms with van der Waals surface area (Å²) in [6.07, 6.45) is 0.0973. The van der Waals surface area contributed by atoms with E-state index in [0.29, 0.717) is 16.8 Å². The van der Waals surface area contributed by atoms with Gasteiger partial charge in [0.05, 0.1) is 23.8 Å². The van der Waals surface area contributed by atoms with Gasteiger partial charge in [0, 0.05) is 6.20 Å². The van der Waals surface area contributed by atoms with Gasteiger partial charge in [-0.05, 0) is 17.7 Å². The maximum atomic E-state index is 12.5. The topological polar surface area (TPSA) is 50.2 Å². The number of halogens is 3. The molecule has 4 nitrogen and oxygen atoms in total. The molecule has 3 rings (SSSR count). The molecule has 0 aliphatic rings. The second-order valence-corrected chi connectivity index (χ2v) is 4.26. The Hall–Kier alpha value is -2.57. The van der Waals surface area contributed by atoms with Crippen molar-refractivity contribution in [2.45, 2.75) is 6.18 Å². The van der Waals surface area contributed by atoms with Crippen LogP contribution in [-0.2, 0) is 6.18 Å². The van der Waals surface area contributed by atoms with E-state index in [1.165, 1.54) is 29.1 Å². The average Bonchev–Trinajstić information content (AvgIpc) is 2.86. The highest BCUT2D eigenvalue weighted by Gasteiger charge is 2.29. The number of hydrogen-bond donors (Lipinski definition) is 1. The van der Waals surface area contributed by atoms with Crippen LogP contribution in [0.5, 0.6) is 0 Å². The van der Waals surface area contributed by atoms with Crippen molar-refractivity contribution < 1.29 is 13.2 Å². The fraction of sp³-hybridized carbons (Fsp3) is 0.0769. The summed E-state index contributed by atoms with van der Waals surface area (Å²) in [6.45, 7) is 0. The van der Waals surface area contributed by atoms with Gasteiger partial charge in [0.15, 0.2) is 0 Å². The third-order valence-corrected chi connectivity index (χ3v) is 2.94. The molecule has 0 fully saturated rings. The molecule has 0 saturated heterocycles. The Morgan fingerprint density at radius 3 is 2.50 bits per heavy atom. The first-order chi connectivity index (χ1) is 9.45. The summed E-state index contributed by atoms with van der Waals surface area (Å²) in [5, 5.41) is 0. The first-order valence-electron chi connectivity index (χ1n) is 5.68. The van der Waals surface area contributed by atoms with Crippen LogP contribution in [0.4, 0.5) is 13.2 Å². The number of aromatic amines is 1. The van der Waals surface area contributed by atoms with Crippen LogP contribution in [-0.4, -0.2) is 14.4 Å². The Labute approximate surface area is 110 Å². The lowest BCUT2D eigenvalue weighted by Gasteiger charge is -2.08. The van der Waals surface area contributed by atoms with Crippen molar-refractivity contribution in [3.63, 3.8) is 0 Å². The fourth-order valence-corrected chi connectivity index (χ4v) is 1.93. The summed E-state index contributed by atoms with van der Waals surface area (Å²) in [5.41, 5.74) is 0.216. The molecule has 0 bridgehead atoms. The quantitative estimate of drug-likeness (QED) is 0.744.